The van der Waals surface area contributed by atoms with E-state index in [-0.39, 0.29) is 31.1 Å². The summed E-state index contributed by atoms with van der Waals surface area (Å²) in [5, 5.41) is 0. The summed E-state index contributed by atoms with van der Waals surface area (Å²) in [4.78, 5) is 38.4. The van der Waals surface area contributed by atoms with Gasteiger partial charge in [0.25, 0.3) is 0 Å². The molecular weight excluding hydrogens is 973 g/mol. The van der Waals surface area contributed by atoms with Crippen LogP contribution in [0.15, 0.2) is 36.5 Å². The molecule has 6 nitrogen and oxygen atoms in total. The largest absolute Gasteiger partial charge is 0.462 e. The molecule has 6 heteroatoms. The summed E-state index contributed by atoms with van der Waals surface area (Å²) in [6, 6.07) is 0. The van der Waals surface area contributed by atoms with E-state index >= 15 is 0 Å². The highest BCUT2D eigenvalue weighted by atomic mass is 16.6. The van der Waals surface area contributed by atoms with Gasteiger partial charge in [0.2, 0.25) is 0 Å². The predicted octanol–water partition coefficient (Wildman–Crippen LogP) is 24.3. The van der Waals surface area contributed by atoms with Gasteiger partial charge in [0.1, 0.15) is 13.2 Å². The lowest BCUT2D eigenvalue weighted by atomic mass is 10.0. The predicted molar refractivity (Wildman–Crippen MR) is 344 cm³/mol. The maximum absolute atomic E-state index is 12.9. The van der Waals surface area contributed by atoms with Crippen LogP contribution in [0, 0.1) is 0 Å². The molecule has 0 aliphatic rings. The Balaban J connectivity index is 4.14. The van der Waals surface area contributed by atoms with Gasteiger partial charge in [0, 0.05) is 19.3 Å². The van der Waals surface area contributed by atoms with E-state index in [1.807, 2.05) is 0 Å². The van der Waals surface area contributed by atoms with Gasteiger partial charge in [-0.3, -0.25) is 14.4 Å². The highest BCUT2D eigenvalue weighted by Crippen LogP contribution is 2.18. The van der Waals surface area contributed by atoms with Crippen LogP contribution in [-0.4, -0.2) is 37.2 Å². The van der Waals surface area contributed by atoms with Crippen molar-refractivity contribution in [3.05, 3.63) is 36.5 Å². The first-order valence-electron chi connectivity index (χ1n) is 35.5. The Bertz CT molecular complexity index is 1320. The molecule has 0 fully saturated rings. The van der Waals surface area contributed by atoms with Crippen LogP contribution in [0.5, 0.6) is 0 Å². The van der Waals surface area contributed by atoms with Crippen molar-refractivity contribution in [1.29, 1.82) is 0 Å². The summed E-state index contributed by atoms with van der Waals surface area (Å²) < 4.78 is 17.0. The zero-order chi connectivity index (χ0) is 57.1. The van der Waals surface area contributed by atoms with Crippen LogP contribution in [0.3, 0.4) is 0 Å². The van der Waals surface area contributed by atoms with Gasteiger partial charge >= 0.3 is 17.9 Å². The third kappa shape index (κ3) is 66.3. The number of rotatable bonds is 66. The first-order valence-corrected chi connectivity index (χ1v) is 35.5. The second kappa shape index (κ2) is 68.1. The summed E-state index contributed by atoms with van der Waals surface area (Å²) in [7, 11) is 0. The molecule has 464 valence electrons. The molecule has 0 N–H and O–H groups in total. The molecule has 1 unspecified atom stereocenters. The third-order valence-corrected chi connectivity index (χ3v) is 16.1. The maximum Gasteiger partial charge on any atom is 0.306 e. The van der Waals surface area contributed by atoms with Gasteiger partial charge in [-0.15, -0.1) is 0 Å². The van der Waals surface area contributed by atoms with Crippen LogP contribution < -0.4 is 0 Å². The number of hydrogen-bond acceptors (Lipinski definition) is 6. The Hall–Kier alpha value is -2.37. The molecule has 0 bridgehead atoms. The fourth-order valence-corrected chi connectivity index (χ4v) is 10.8. The van der Waals surface area contributed by atoms with Crippen molar-refractivity contribution in [1.82, 2.24) is 0 Å². The van der Waals surface area contributed by atoms with E-state index in [1.54, 1.807) is 0 Å². The first-order chi connectivity index (χ1) is 39.0. The Morgan fingerprint density at radius 3 is 0.734 bits per heavy atom. The summed E-state index contributed by atoms with van der Waals surface area (Å²) >= 11 is 0. The summed E-state index contributed by atoms with van der Waals surface area (Å²) in [6.07, 6.45) is 84.7. The van der Waals surface area contributed by atoms with Crippen LogP contribution in [0.2, 0.25) is 0 Å². The van der Waals surface area contributed by atoms with E-state index in [9.17, 15) is 14.4 Å². The average molecular weight is 1110 g/mol. The molecule has 0 aliphatic carbocycles. The Morgan fingerprint density at radius 2 is 0.456 bits per heavy atom. The minimum Gasteiger partial charge on any atom is -0.462 e. The van der Waals surface area contributed by atoms with Crippen LogP contribution >= 0.6 is 0 Å². The van der Waals surface area contributed by atoms with Gasteiger partial charge in [-0.05, 0) is 77.0 Å². The highest BCUT2D eigenvalue weighted by molar-refractivity contribution is 5.71. The number of ether oxygens (including phenoxy) is 3. The van der Waals surface area contributed by atoms with E-state index in [4.69, 9.17) is 14.2 Å². The molecule has 0 aromatic carbocycles. The van der Waals surface area contributed by atoms with E-state index in [0.29, 0.717) is 19.3 Å². The molecule has 79 heavy (non-hydrogen) atoms. The summed E-state index contributed by atoms with van der Waals surface area (Å²) in [5.74, 6) is -0.858. The van der Waals surface area contributed by atoms with E-state index in [1.165, 1.54) is 270 Å². The molecule has 0 radical (unpaired) electrons. The molecule has 1 atom stereocenters. The zero-order valence-corrected chi connectivity index (χ0v) is 53.4. The normalized spacial score (nSPS) is 12.2. The number of hydrogen-bond donors (Lipinski definition) is 0. The SMILES string of the molecule is CCCCC/C=C\C/C=C\CCCCCCCC(=O)OC(COC(=O)CCCCCCCCCCCCCCCCC)COC(=O)CCCCCCCCCCCCCCCCCCCCC/C=C\CCCCCCCCCC. The Kier molecular flexibility index (Phi) is 66.1. The first kappa shape index (κ1) is 76.6. The lowest BCUT2D eigenvalue weighted by Gasteiger charge is -2.18. The molecule has 0 aromatic rings. The van der Waals surface area contributed by atoms with Crippen molar-refractivity contribution >= 4 is 17.9 Å². The fourth-order valence-electron chi connectivity index (χ4n) is 10.8. The van der Waals surface area contributed by atoms with Crippen LogP contribution in [0.4, 0.5) is 0 Å². The monoisotopic (exact) mass is 1110 g/mol. The molecule has 0 rings (SSSR count). The summed E-state index contributed by atoms with van der Waals surface area (Å²) in [6.45, 7) is 6.67. The van der Waals surface area contributed by atoms with Crippen LogP contribution in [-0.2, 0) is 28.6 Å². The lowest BCUT2D eigenvalue weighted by molar-refractivity contribution is -0.167. The number of esters is 3. The van der Waals surface area contributed by atoms with Gasteiger partial charge < -0.3 is 14.2 Å². The number of unbranched alkanes of at least 4 members (excludes halogenated alkanes) is 49. The topological polar surface area (TPSA) is 78.9 Å². The van der Waals surface area contributed by atoms with Crippen molar-refractivity contribution in [3.63, 3.8) is 0 Å². The smallest absolute Gasteiger partial charge is 0.306 e. The standard InChI is InChI=1S/C73H136O6/c1-4-7-10-13-16-19-22-25-28-29-30-31-32-33-34-35-36-37-38-39-40-41-42-43-46-48-51-54-57-60-63-66-72(75)78-69-70(79-73(76)67-64-61-58-55-52-49-45-27-24-21-18-15-12-9-6-3)68-77-71(74)65-62-59-56-53-50-47-44-26-23-20-17-14-11-8-5-2/h18,21,27,29-30,45,70H,4-17,19-20,22-26,28,31-44,46-69H2,1-3H3/b21-18-,30-29-,45-27-. The second-order valence-corrected chi connectivity index (χ2v) is 24.1. The Morgan fingerprint density at radius 1 is 0.253 bits per heavy atom. The minimum atomic E-state index is -0.777. The lowest BCUT2D eigenvalue weighted by Crippen LogP contribution is -2.30. The molecule has 0 aromatic heterocycles. The molecule has 0 saturated heterocycles. The van der Waals surface area contributed by atoms with Crippen molar-refractivity contribution in [2.24, 2.45) is 0 Å². The average Bonchev–Trinajstić information content (AvgIpc) is 3.45. The number of allylic oxidation sites excluding steroid dienone is 6. The molecule has 0 heterocycles. The molecule has 0 amide bonds. The van der Waals surface area contributed by atoms with Crippen molar-refractivity contribution in [3.8, 4) is 0 Å². The quantitative estimate of drug-likeness (QED) is 0.0261. The van der Waals surface area contributed by atoms with E-state index < -0.39 is 6.10 Å². The molecular formula is C73H136O6. The number of carbonyl (C=O) groups is 3. The van der Waals surface area contributed by atoms with Crippen LogP contribution in [0.1, 0.15) is 393 Å². The van der Waals surface area contributed by atoms with Gasteiger partial charge in [-0.2, -0.15) is 0 Å². The zero-order valence-electron chi connectivity index (χ0n) is 53.4. The van der Waals surface area contributed by atoms with E-state index in [2.05, 4.69) is 57.2 Å². The van der Waals surface area contributed by atoms with Gasteiger partial charge in [0.05, 0.1) is 0 Å². The molecule has 0 saturated carbocycles. The van der Waals surface area contributed by atoms with E-state index in [0.717, 1.165) is 83.5 Å². The van der Waals surface area contributed by atoms with Gasteiger partial charge in [0.15, 0.2) is 6.10 Å². The minimum absolute atomic E-state index is 0.0723. The van der Waals surface area contributed by atoms with Gasteiger partial charge in [-0.1, -0.05) is 333 Å². The van der Waals surface area contributed by atoms with Gasteiger partial charge in [-0.25, -0.2) is 0 Å². The Labute approximate surface area is 493 Å². The van der Waals surface area contributed by atoms with Crippen molar-refractivity contribution < 1.29 is 28.6 Å². The number of carbonyl (C=O) groups excluding carboxylic acids is 3. The fraction of sp³-hybridized carbons (Fsp3) is 0.877. The maximum atomic E-state index is 12.9. The second-order valence-electron chi connectivity index (χ2n) is 24.1. The van der Waals surface area contributed by atoms with Crippen molar-refractivity contribution in [2.75, 3.05) is 13.2 Å². The van der Waals surface area contributed by atoms with Crippen molar-refractivity contribution in [2.45, 2.75) is 399 Å². The highest BCUT2D eigenvalue weighted by Gasteiger charge is 2.19. The molecule has 0 aliphatic heterocycles. The van der Waals surface area contributed by atoms with Crippen LogP contribution in [0.25, 0.3) is 0 Å². The molecule has 0 spiro atoms. The summed E-state index contributed by atoms with van der Waals surface area (Å²) in [5.41, 5.74) is 0. The third-order valence-electron chi connectivity index (χ3n) is 16.1.